The predicted octanol–water partition coefficient (Wildman–Crippen LogP) is 2.53. The van der Waals surface area contributed by atoms with Crippen LogP contribution in [0.5, 0.6) is 5.88 Å². The highest BCUT2D eigenvalue weighted by molar-refractivity contribution is 7.99. The molecule has 1 unspecified atom stereocenters. The van der Waals surface area contributed by atoms with Gasteiger partial charge < -0.3 is 9.84 Å². The lowest BCUT2D eigenvalue weighted by Crippen LogP contribution is -2.22. The lowest BCUT2D eigenvalue weighted by atomic mass is 10.1. The van der Waals surface area contributed by atoms with E-state index in [-0.39, 0.29) is 23.0 Å². The van der Waals surface area contributed by atoms with E-state index in [1.165, 1.54) is 25.3 Å². The Labute approximate surface area is 158 Å². The van der Waals surface area contributed by atoms with Gasteiger partial charge in [-0.05, 0) is 17.9 Å². The van der Waals surface area contributed by atoms with E-state index in [4.69, 9.17) is 4.74 Å². The first kappa shape index (κ1) is 21.3. The molecule has 0 spiro atoms. The molecule has 0 radical (unpaired) electrons. The van der Waals surface area contributed by atoms with Gasteiger partial charge in [0.05, 0.1) is 30.3 Å². The molecule has 7 nitrogen and oxygen atoms in total. The minimum Gasteiger partial charge on any atom is -0.481 e. The summed E-state index contributed by atoms with van der Waals surface area (Å²) in [6, 6.07) is 5.01. The van der Waals surface area contributed by atoms with E-state index in [9.17, 15) is 26.7 Å². The van der Waals surface area contributed by atoms with Crippen LogP contribution >= 0.6 is 11.8 Å². The van der Waals surface area contributed by atoms with Gasteiger partial charge in [0, 0.05) is 6.07 Å². The number of methoxy groups -OCH3 is 1. The topological polar surface area (TPSA) is 101 Å². The van der Waals surface area contributed by atoms with E-state index in [1.807, 2.05) is 0 Å². The van der Waals surface area contributed by atoms with Crippen molar-refractivity contribution in [3.63, 3.8) is 0 Å². The molecular weight excluding hydrogens is 407 g/mol. The van der Waals surface area contributed by atoms with Crippen molar-refractivity contribution in [1.29, 1.82) is 0 Å². The number of aliphatic hydroxyl groups is 1. The van der Waals surface area contributed by atoms with Crippen LogP contribution in [0.4, 0.5) is 18.9 Å². The summed E-state index contributed by atoms with van der Waals surface area (Å²) in [4.78, 5) is 8.28. The minimum absolute atomic E-state index is 0.0452. The fourth-order valence-corrected chi connectivity index (χ4v) is 3.58. The lowest BCUT2D eigenvalue weighted by molar-refractivity contribution is 0.236. The smallest absolute Gasteiger partial charge is 0.355 e. The van der Waals surface area contributed by atoms with Gasteiger partial charge in [0.15, 0.2) is 0 Å². The number of halogens is 3. The summed E-state index contributed by atoms with van der Waals surface area (Å²) in [6.45, 7) is -0.416. The van der Waals surface area contributed by atoms with Crippen LogP contribution in [0.1, 0.15) is 22.3 Å². The van der Waals surface area contributed by atoms with E-state index in [0.717, 1.165) is 17.8 Å². The van der Waals surface area contributed by atoms with Gasteiger partial charge in [-0.3, -0.25) is 4.72 Å². The normalized spacial score (nSPS) is 12.9. The Kier molecular flexibility index (Phi) is 6.89. The van der Waals surface area contributed by atoms with E-state index in [1.54, 1.807) is 11.0 Å². The molecule has 0 amide bonds. The zero-order chi connectivity index (χ0) is 20.2. The molecule has 2 aromatic rings. The van der Waals surface area contributed by atoms with Crippen molar-refractivity contribution < 1.29 is 31.4 Å². The van der Waals surface area contributed by atoms with Gasteiger partial charge in [-0.1, -0.05) is 12.1 Å². The second-order valence-corrected chi connectivity index (χ2v) is 7.74. The number of para-hydroxylation sites is 1. The van der Waals surface area contributed by atoms with Crippen molar-refractivity contribution in [3.8, 4) is 5.88 Å². The first-order valence-corrected chi connectivity index (χ1v) is 10.2. The monoisotopic (exact) mass is 423 g/mol. The van der Waals surface area contributed by atoms with Crippen LogP contribution in [0.2, 0.25) is 0 Å². The summed E-state index contributed by atoms with van der Waals surface area (Å²) >= 11 is 1.12. The van der Waals surface area contributed by atoms with Gasteiger partial charge in [0.1, 0.15) is 11.6 Å². The van der Waals surface area contributed by atoms with Crippen molar-refractivity contribution >= 4 is 27.5 Å². The quantitative estimate of drug-likeness (QED) is 0.673. The highest BCUT2D eigenvalue weighted by Crippen LogP contribution is 2.38. The van der Waals surface area contributed by atoms with Crippen LogP contribution in [0.3, 0.4) is 0 Å². The number of hydrogen-bond donors (Lipinski definition) is 2. The molecule has 1 aromatic heterocycles. The SMILES string of the molecule is COc1cc(CO)nc(C(SC)c2cccc(F)c2NS(=O)(=O)C(F)F)n1. The zero-order valence-corrected chi connectivity index (χ0v) is 15.8. The molecule has 1 heterocycles. The third-order valence-corrected chi connectivity index (χ3v) is 5.32. The summed E-state index contributed by atoms with van der Waals surface area (Å²) in [5, 5.41) is 8.51. The Hall–Kier alpha value is -2.05. The van der Waals surface area contributed by atoms with Gasteiger partial charge in [0.2, 0.25) is 5.88 Å². The van der Waals surface area contributed by atoms with Gasteiger partial charge in [-0.15, -0.1) is 11.8 Å². The summed E-state index contributed by atoms with van der Waals surface area (Å²) in [7, 11) is -3.73. The standard InChI is InChI=1S/C15H16F3N3O4S2/c1-25-11-6-8(7-22)19-14(20-11)13(26-2)9-4-3-5-10(16)12(9)21-27(23,24)15(17)18/h3-6,13,15,21-22H,7H2,1-2H3. The molecule has 0 aliphatic heterocycles. The van der Waals surface area contributed by atoms with Gasteiger partial charge >= 0.3 is 5.76 Å². The summed E-state index contributed by atoms with van der Waals surface area (Å²) in [5.74, 6) is -4.53. The van der Waals surface area contributed by atoms with Gasteiger partial charge in [0.25, 0.3) is 10.0 Å². The third-order valence-electron chi connectivity index (χ3n) is 3.42. The van der Waals surface area contributed by atoms with Crippen LogP contribution in [0.15, 0.2) is 24.3 Å². The van der Waals surface area contributed by atoms with Crippen molar-refractivity contribution in [2.45, 2.75) is 17.6 Å². The predicted molar refractivity (Wildman–Crippen MR) is 94.8 cm³/mol. The summed E-state index contributed by atoms with van der Waals surface area (Å²) in [5.41, 5.74) is -0.347. The van der Waals surface area contributed by atoms with E-state index in [2.05, 4.69) is 9.97 Å². The molecule has 0 saturated heterocycles. The molecule has 0 saturated carbocycles. The molecule has 27 heavy (non-hydrogen) atoms. The largest absolute Gasteiger partial charge is 0.481 e. The highest BCUT2D eigenvalue weighted by atomic mass is 32.2. The number of sulfonamides is 1. The molecule has 12 heteroatoms. The molecule has 0 bridgehead atoms. The van der Waals surface area contributed by atoms with Crippen molar-refractivity contribution in [2.24, 2.45) is 0 Å². The molecule has 0 aliphatic carbocycles. The first-order valence-electron chi connectivity index (χ1n) is 7.37. The maximum absolute atomic E-state index is 14.3. The molecule has 1 aromatic carbocycles. The van der Waals surface area contributed by atoms with Crippen LogP contribution in [-0.4, -0.2) is 42.6 Å². The second-order valence-electron chi connectivity index (χ2n) is 5.15. The molecule has 2 rings (SSSR count). The highest BCUT2D eigenvalue weighted by Gasteiger charge is 2.29. The van der Waals surface area contributed by atoms with Crippen molar-refractivity contribution in [2.75, 3.05) is 18.1 Å². The molecule has 1 atom stereocenters. The number of aliphatic hydroxyl groups excluding tert-OH is 1. The molecular formula is C15H16F3N3O4S2. The fraction of sp³-hybridized carbons (Fsp3) is 0.333. The van der Waals surface area contributed by atoms with E-state index >= 15 is 0 Å². The summed E-state index contributed by atoms with van der Waals surface area (Å²) < 4.78 is 69.4. The Balaban J connectivity index is 2.60. The van der Waals surface area contributed by atoms with Crippen LogP contribution in [-0.2, 0) is 16.6 Å². The average molecular weight is 423 g/mol. The number of nitrogens with one attached hydrogen (secondary N) is 1. The number of nitrogens with zero attached hydrogens (tertiary/aromatic N) is 2. The van der Waals surface area contributed by atoms with Crippen LogP contribution in [0, 0.1) is 5.82 Å². The fourth-order valence-electron chi connectivity index (χ4n) is 2.22. The first-order chi connectivity index (χ1) is 12.7. The number of rotatable bonds is 8. The Morgan fingerprint density at radius 1 is 1.33 bits per heavy atom. The van der Waals surface area contributed by atoms with Crippen molar-refractivity contribution in [1.82, 2.24) is 9.97 Å². The number of anilines is 1. The summed E-state index contributed by atoms with van der Waals surface area (Å²) in [6.07, 6.45) is 1.63. The van der Waals surface area contributed by atoms with Crippen LogP contribution in [0.25, 0.3) is 0 Å². The van der Waals surface area contributed by atoms with E-state index in [0.29, 0.717) is 0 Å². The minimum atomic E-state index is -5.08. The second kappa shape index (κ2) is 8.76. The van der Waals surface area contributed by atoms with Crippen LogP contribution < -0.4 is 9.46 Å². The molecule has 0 fully saturated rings. The Bertz CT molecular complexity index is 891. The van der Waals surface area contributed by atoms with Gasteiger partial charge in [-0.2, -0.15) is 13.8 Å². The number of benzene rings is 1. The number of aromatic nitrogens is 2. The number of ether oxygens (including phenoxy) is 1. The van der Waals surface area contributed by atoms with Crippen molar-refractivity contribution in [3.05, 3.63) is 47.2 Å². The average Bonchev–Trinajstić information content (AvgIpc) is 2.64. The van der Waals surface area contributed by atoms with E-state index < -0.39 is 39.1 Å². The zero-order valence-electron chi connectivity index (χ0n) is 14.2. The Morgan fingerprint density at radius 2 is 2.04 bits per heavy atom. The molecule has 148 valence electrons. The number of hydrogen-bond acceptors (Lipinski definition) is 7. The lowest BCUT2D eigenvalue weighted by Gasteiger charge is -2.20. The molecule has 0 aliphatic rings. The Morgan fingerprint density at radius 3 is 2.59 bits per heavy atom. The maximum Gasteiger partial charge on any atom is 0.355 e. The number of alkyl halides is 2. The maximum atomic E-state index is 14.3. The van der Waals surface area contributed by atoms with Gasteiger partial charge in [-0.25, -0.2) is 17.8 Å². The third kappa shape index (κ3) is 4.82. The molecule has 2 N–H and O–H groups in total. The number of thioether (sulfide) groups is 1.